The minimum absolute atomic E-state index is 0.123. The third-order valence-corrected chi connectivity index (χ3v) is 6.01. The first-order valence-corrected chi connectivity index (χ1v) is 11.9. The number of aliphatic hydroxyl groups is 1. The second-order valence-corrected chi connectivity index (χ2v) is 9.62. The summed E-state index contributed by atoms with van der Waals surface area (Å²) in [6, 6.07) is 14.1. The zero-order valence-electron chi connectivity index (χ0n) is 20.9. The van der Waals surface area contributed by atoms with Crippen LogP contribution in [0.2, 0.25) is 0 Å². The first-order valence-electron chi connectivity index (χ1n) is 11.9. The third-order valence-electron chi connectivity index (χ3n) is 6.01. The van der Waals surface area contributed by atoms with Crippen LogP contribution in [0.15, 0.2) is 54.1 Å². The van der Waals surface area contributed by atoms with E-state index < -0.39 is 17.7 Å². The van der Waals surface area contributed by atoms with Crippen LogP contribution in [-0.2, 0) is 9.59 Å². The Balaban J connectivity index is 2.02. The molecule has 0 radical (unpaired) electrons. The van der Waals surface area contributed by atoms with Crippen LogP contribution >= 0.6 is 0 Å². The standard InChI is InChI=1S/C28H36N2O4/c1-19(2)14-17-34-23-9-6-8-22(18-23)25-24(26(31)21-12-10-20(3)11-13-21)27(32)28(33)30(25)16-7-15-29(4)5/h6,8-13,18-19,25,31H,7,14-17H2,1-5H3. The maximum absolute atomic E-state index is 13.2. The molecule has 1 unspecified atom stereocenters. The lowest BCUT2D eigenvalue weighted by Crippen LogP contribution is -2.32. The lowest BCUT2D eigenvalue weighted by atomic mass is 9.95. The van der Waals surface area contributed by atoms with E-state index in [4.69, 9.17) is 4.74 Å². The highest BCUT2D eigenvalue weighted by atomic mass is 16.5. The summed E-state index contributed by atoms with van der Waals surface area (Å²) in [5, 5.41) is 11.2. The van der Waals surface area contributed by atoms with Crippen molar-refractivity contribution >= 4 is 17.4 Å². The number of aliphatic hydroxyl groups excluding tert-OH is 1. The smallest absolute Gasteiger partial charge is 0.295 e. The highest BCUT2D eigenvalue weighted by Crippen LogP contribution is 2.40. The van der Waals surface area contributed by atoms with Crippen LogP contribution in [0, 0.1) is 12.8 Å². The summed E-state index contributed by atoms with van der Waals surface area (Å²) in [7, 11) is 3.95. The van der Waals surface area contributed by atoms with E-state index in [0.717, 1.165) is 24.1 Å². The minimum atomic E-state index is -0.669. The maximum Gasteiger partial charge on any atom is 0.295 e. The van der Waals surface area contributed by atoms with Crippen LogP contribution in [0.5, 0.6) is 5.75 Å². The molecule has 6 nitrogen and oxygen atoms in total. The van der Waals surface area contributed by atoms with Gasteiger partial charge in [-0.25, -0.2) is 0 Å². The Kier molecular flexibility index (Phi) is 8.51. The number of ketones is 1. The summed E-state index contributed by atoms with van der Waals surface area (Å²) in [6.45, 7) is 8.03. The number of amides is 1. The molecule has 1 fully saturated rings. The average molecular weight is 465 g/mol. The average Bonchev–Trinajstić information content (AvgIpc) is 3.04. The van der Waals surface area contributed by atoms with Gasteiger partial charge in [-0.2, -0.15) is 0 Å². The lowest BCUT2D eigenvalue weighted by Gasteiger charge is -2.26. The number of hydrogen-bond donors (Lipinski definition) is 1. The molecule has 1 aliphatic heterocycles. The number of Topliss-reactive ketones (excluding diaryl/α,β-unsaturated/α-hetero) is 1. The third kappa shape index (κ3) is 6.06. The van der Waals surface area contributed by atoms with Crippen molar-refractivity contribution in [2.75, 3.05) is 33.8 Å². The fourth-order valence-electron chi connectivity index (χ4n) is 4.07. The molecule has 1 saturated heterocycles. The number of likely N-dealkylation sites (tertiary alicyclic amines) is 1. The number of benzene rings is 2. The van der Waals surface area contributed by atoms with E-state index in [1.54, 1.807) is 17.0 Å². The van der Waals surface area contributed by atoms with Crippen molar-refractivity contribution in [3.05, 3.63) is 70.8 Å². The second kappa shape index (κ2) is 11.3. The molecule has 1 amide bonds. The van der Waals surface area contributed by atoms with Gasteiger partial charge in [-0.05, 0) is 64.0 Å². The quantitative estimate of drug-likeness (QED) is 0.311. The number of ether oxygens (including phenoxy) is 1. The van der Waals surface area contributed by atoms with Gasteiger partial charge >= 0.3 is 0 Å². The molecule has 2 aromatic carbocycles. The van der Waals surface area contributed by atoms with Crippen molar-refractivity contribution in [3.8, 4) is 5.75 Å². The summed E-state index contributed by atoms with van der Waals surface area (Å²) in [6.07, 6.45) is 1.65. The molecule has 0 aliphatic carbocycles. The van der Waals surface area contributed by atoms with Crippen molar-refractivity contribution in [2.45, 2.75) is 39.7 Å². The number of carbonyl (C=O) groups is 2. The zero-order chi connectivity index (χ0) is 24.8. The predicted molar refractivity (Wildman–Crippen MR) is 135 cm³/mol. The number of rotatable bonds is 10. The van der Waals surface area contributed by atoms with Gasteiger partial charge in [0, 0.05) is 12.1 Å². The largest absolute Gasteiger partial charge is 0.507 e. The second-order valence-electron chi connectivity index (χ2n) is 9.62. The first kappa shape index (κ1) is 25.5. The van der Waals surface area contributed by atoms with Gasteiger partial charge in [-0.15, -0.1) is 0 Å². The van der Waals surface area contributed by atoms with Gasteiger partial charge < -0.3 is 19.6 Å². The molecule has 1 N–H and O–H groups in total. The Morgan fingerprint density at radius 1 is 1.12 bits per heavy atom. The van der Waals surface area contributed by atoms with E-state index in [1.807, 2.05) is 62.3 Å². The van der Waals surface area contributed by atoms with Crippen LogP contribution in [0.25, 0.3) is 5.76 Å². The van der Waals surface area contributed by atoms with Gasteiger partial charge in [0.25, 0.3) is 11.7 Å². The number of aryl methyl sites for hydroxylation is 1. The van der Waals surface area contributed by atoms with Crippen molar-refractivity contribution < 1.29 is 19.4 Å². The maximum atomic E-state index is 13.2. The normalized spacial score (nSPS) is 17.7. The van der Waals surface area contributed by atoms with Gasteiger partial charge in [0.1, 0.15) is 11.5 Å². The first-order chi connectivity index (χ1) is 16.2. The fourth-order valence-corrected chi connectivity index (χ4v) is 4.07. The summed E-state index contributed by atoms with van der Waals surface area (Å²) in [4.78, 5) is 29.9. The molecular formula is C28H36N2O4. The summed E-state index contributed by atoms with van der Waals surface area (Å²) in [5.74, 6) is -0.166. The Bertz CT molecular complexity index is 1040. The molecule has 2 aromatic rings. The lowest BCUT2D eigenvalue weighted by molar-refractivity contribution is -0.139. The molecule has 0 saturated carbocycles. The van der Waals surface area contributed by atoms with Crippen LogP contribution in [0.3, 0.4) is 0 Å². The fraction of sp³-hybridized carbons (Fsp3) is 0.429. The van der Waals surface area contributed by atoms with Crippen molar-refractivity contribution in [1.29, 1.82) is 0 Å². The molecule has 0 spiro atoms. The van der Waals surface area contributed by atoms with Crippen LogP contribution in [-0.4, -0.2) is 60.4 Å². The van der Waals surface area contributed by atoms with Gasteiger partial charge in [0.05, 0.1) is 18.2 Å². The van der Waals surface area contributed by atoms with E-state index in [2.05, 4.69) is 13.8 Å². The minimum Gasteiger partial charge on any atom is -0.507 e. The molecule has 1 atom stereocenters. The molecule has 1 aliphatic rings. The van der Waals surface area contributed by atoms with E-state index >= 15 is 0 Å². The van der Waals surface area contributed by atoms with Crippen molar-refractivity contribution in [1.82, 2.24) is 9.80 Å². The van der Waals surface area contributed by atoms with E-state index in [1.165, 1.54) is 0 Å². The Morgan fingerprint density at radius 2 is 1.82 bits per heavy atom. The molecule has 34 heavy (non-hydrogen) atoms. The molecule has 3 rings (SSSR count). The van der Waals surface area contributed by atoms with Crippen molar-refractivity contribution in [3.63, 3.8) is 0 Å². The topological polar surface area (TPSA) is 70.1 Å². The Hall–Kier alpha value is -3.12. The molecule has 0 aromatic heterocycles. The van der Waals surface area contributed by atoms with Gasteiger partial charge in [-0.1, -0.05) is 55.8 Å². The van der Waals surface area contributed by atoms with Crippen LogP contribution < -0.4 is 4.74 Å². The molecule has 0 bridgehead atoms. The van der Waals surface area contributed by atoms with E-state index in [0.29, 0.717) is 36.8 Å². The van der Waals surface area contributed by atoms with Gasteiger partial charge in [0.2, 0.25) is 0 Å². The highest BCUT2D eigenvalue weighted by Gasteiger charge is 2.45. The molecule has 1 heterocycles. The van der Waals surface area contributed by atoms with Crippen LogP contribution in [0.1, 0.15) is 49.4 Å². The highest BCUT2D eigenvalue weighted by molar-refractivity contribution is 6.46. The monoisotopic (exact) mass is 464 g/mol. The van der Waals surface area contributed by atoms with Gasteiger partial charge in [-0.3, -0.25) is 9.59 Å². The Morgan fingerprint density at radius 3 is 2.47 bits per heavy atom. The zero-order valence-corrected chi connectivity index (χ0v) is 20.9. The number of carbonyl (C=O) groups excluding carboxylic acids is 2. The number of nitrogens with zero attached hydrogens (tertiary/aromatic N) is 2. The molecule has 6 heteroatoms. The van der Waals surface area contributed by atoms with Gasteiger partial charge in [0.15, 0.2) is 0 Å². The predicted octanol–water partition coefficient (Wildman–Crippen LogP) is 4.79. The van der Waals surface area contributed by atoms with E-state index in [-0.39, 0.29) is 11.3 Å². The Labute approximate surface area is 202 Å². The molecular weight excluding hydrogens is 428 g/mol. The van der Waals surface area contributed by atoms with Crippen LogP contribution in [0.4, 0.5) is 0 Å². The van der Waals surface area contributed by atoms with Crippen molar-refractivity contribution in [2.24, 2.45) is 5.92 Å². The molecule has 182 valence electrons. The summed E-state index contributed by atoms with van der Waals surface area (Å²) in [5.41, 5.74) is 2.44. The summed E-state index contributed by atoms with van der Waals surface area (Å²) >= 11 is 0. The van der Waals surface area contributed by atoms with E-state index in [9.17, 15) is 14.7 Å². The summed E-state index contributed by atoms with van der Waals surface area (Å²) < 4.78 is 5.94. The number of hydrogen-bond acceptors (Lipinski definition) is 5. The SMILES string of the molecule is Cc1ccc(C(O)=C2C(=O)C(=O)N(CCCN(C)C)C2c2cccc(OCCC(C)C)c2)cc1.